The highest BCUT2D eigenvalue weighted by molar-refractivity contribution is 6.03. The summed E-state index contributed by atoms with van der Waals surface area (Å²) in [5, 5.41) is 9.54. The minimum Gasteiger partial charge on any atom is -0.339 e. The number of benzene rings is 1. The third kappa shape index (κ3) is 5.97. The highest BCUT2D eigenvalue weighted by atomic mass is 35.5. The zero-order valence-electron chi connectivity index (χ0n) is 24.9. The molecule has 0 spiro atoms. The Morgan fingerprint density at radius 3 is 2.35 bits per heavy atom. The molecule has 2 saturated heterocycles. The van der Waals surface area contributed by atoms with Gasteiger partial charge in [-0.3, -0.25) is 19.1 Å². The molecule has 4 aliphatic rings. The Labute approximate surface area is 267 Å². The number of hydrogen-bond acceptors (Lipinski definition) is 6. The molecule has 4 fully saturated rings. The maximum Gasteiger partial charge on any atom is 0.435 e. The second-order valence-electron chi connectivity index (χ2n) is 12.4. The lowest BCUT2D eigenvalue weighted by Gasteiger charge is -2.35. The molecule has 2 N–H and O–H groups in total. The topological polar surface area (TPSA) is 117 Å². The Bertz CT molecular complexity index is 1670. The smallest absolute Gasteiger partial charge is 0.339 e. The molecule has 2 aromatic heterocycles. The number of halogens is 5. The lowest BCUT2D eigenvalue weighted by Crippen LogP contribution is -2.51. The number of imidazole rings is 1. The molecular weight excluding hydrogens is 632 g/mol. The van der Waals surface area contributed by atoms with Crippen molar-refractivity contribution in [1.82, 2.24) is 34.4 Å². The van der Waals surface area contributed by atoms with Crippen LogP contribution in [0.15, 0.2) is 30.6 Å². The van der Waals surface area contributed by atoms with E-state index in [0.717, 1.165) is 32.0 Å². The number of aromatic nitrogens is 4. The van der Waals surface area contributed by atoms with E-state index in [1.54, 1.807) is 4.90 Å². The molecule has 1 aromatic carbocycles. The first-order valence-electron chi connectivity index (χ1n) is 15.1. The second kappa shape index (κ2) is 12.0. The average Bonchev–Trinajstić information content (AvgIpc) is 3.75. The van der Waals surface area contributed by atoms with Crippen molar-refractivity contribution >= 4 is 35.8 Å². The Hall–Kier alpha value is -3.98. The summed E-state index contributed by atoms with van der Waals surface area (Å²) in [6.45, 7) is 3.48. The molecule has 3 aromatic rings. The molecule has 16 heteroatoms. The third-order valence-corrected chi connectivity index (χ3v) is 9.35. The minimum atomic E-state index is -4.70. The fourth-order valence-corrected chi connectivity index (χ4v) is 6.60. The van der Waals surface area contributed by atoms with Crippen LogP contribution >= 0.6 is 12.4 Å². The molecule has 3 amide bonds. The molecule has 0 unspecified atom stereocenters. The van der Waals surface area contributed by atoms with Crippen LogP contribution in [-0.4, -0.2) is 86.1 Å². The van der Waals surface area contributed by atoms with Gasteiger partial charge in [-0.15, -0.1) is 12.4 Å². The SMILES string of the molecule is Cl.Cn1c(-c2cn(CC3CC3)nc2C(F)(F)F)cnc1C(=O)Nc1ccc(C(=O)N2CCN(C(=O)[C@H]3[C@@H]4CNC[C@@H]43)CC2)c(F)c1. The van der Waals surface area contributed by atoms with Gasteiger partial charge in [0.1, 0.15) is 5.82 Å². The van der Waals surface area contributed by atoms with Crippen LogP contribution in [0.4, 0.5) is 23.2 Å². The fraction of sp³-hybridized carbons (Fsp3) is 0.500. The first kappa shape index (κ1) is 32.0. The van der Waals surface area contributed by atoms with Crippen molar-refractivity contribution in [3.05, 3.63) is 53.5 Å². The van der Waals surface area contributed by atoms with Gasteiger partial charge in [0.15, 0.2) is 11.5 Å². The van der Waals surface area contributed by atoms with E-state index >= 15 is 4.39 Å². The first-order chi connectivity index (χ1) is 21.5. The van der Waals surface area contributed by atoms with Crippen LogP contribution in [-0.2, 0) is 24.6 Å². The molecule has 246 valence electrons. The van der Waals surface area contributed by atoms with Crippen molar-refractivity contribution in [2.24, 2.45) is 30.7 Å². The van der Waals surface area contributed by atoms with E-state index in [4.69, 9.17) is 0 Å². The molecule has 11 nitrogen and oxygen atoms in total. The predicted octanol–water partition coefficient (Wildman–Crippen LogP) is 3.28. The zero-order valence-corrected chi connectivity index (χ0v) is 25.7. The zero-order chi connectivity index (χ0) is 31.6. The van der Waals surface area contributed by atoms with Gasteiger partial charge in [0.2, 0.25) is 5.91 Å². The van der Waals surface area contributed by atoms with Crippen molar-refractivity contribution in [1.29, 1.82) is 0 Å². The largest absolute Gasteiger partial charge is 0.435 e. The maximum atomic E-state index is 15.1. The molecule has 2 aliphatic heterocycles. The van der Waals surface area contributed by atoms with Gasteiger partial charge in [0.05, 0.1) is 23.0 Å². The molecule has 4 heterocycles. The number of hydrogen-bond donors (Lipinski definition) is 2. The molecule has 2 saturated carbocycles. The number of alkyl halides is 3. The normalized spacial score (nSPS) is 22.3. The van der Waals surface area contributed by atoms with Gasteiger partial charge in [0.25, 0.3) is 11.8 Å². The molecule has 0 bridgehead atoms. The number of nitrogens with one attached hydrogen (secondary N) is 2. The van der Waals surface area contributed by atoms with Crippen LogP contribution < -0.4 is 10.6 Å². The quantitative estimate of drug-likeness (QED) is 0.375. The van der Waals surface area contributed by atoms with Crippen LogP contribution in [0.3, 0.4) is 0 Å². The summed E-state index contributed by atoms with van der Waals surface area (Å²) >= 11 is 0. The van der Waals surface area contributed by atoms with Crippen LogP contribution in [0.2, 0.25) is 0 Å². The number of piperidine rings is 1. The average molecular weight is 665 g/mol. The number of anilines is 1. The number of carbonyl (C=O) groups excluding carboxylic acids is 3. The Kier molecular flexibility index (Phi) is 8.34. The summed E-state index contributed by atoms with van der Waals surface area (Å²) in [5.74, 6) is -0.977. The molecular formula is C30H33ClF4N8O3. The van der Waals surface area contributed by atoms with E-state index in [1.165, 1.54) is 45.7 Å². The van der Waals surface area contributed by atoms with Gasteiger partial charge in [-0.1, -0.05) is 0 Å². The number of amides is 3. The number of nitrogens with zero attached hydrogens (tertiary/aromatic N) is 6. The van der Waals surface area contributed by atoms with E-state index < -0.39 is 29.5 Å². The fourth-order valence-electron chi connectivity index (χ4n) is 6.60. The number of fused-ring (bicyclic) bond motifs is 1. The molecule has 7 rings (SSSR count). The van der Waals surface area contributed by atoms with Crippen molar-refractivity contribution in [3.8, 4) is 11.3 Å². The van der Waals surface area contributed by atoms with Gasteiger partial charge >= 0.3 is 6.18 Å². The van der Waals surface area contributed by atoms with Crippen molar-refractivity contribution in [2.75, 3.05) is 44.6 Å². The number of piperazine rings is 1. The summed E-state index contributed by atoms with van der Waals surface area (Å²) in [5.41, 5.74) is -1.31. The molecule has 3 atom stereocenters. The van der Waals surface area contributed by atoms with E-state index in [-0.39, 0.29) is 52.6 Å². The monoisotopic (exact) mass is 664 g/mol. The van der Waals surface area contributed by atoms with Crippen LogP contribution in [0.5, 0.6) is 0 Å². The molecule has 46 heavy (non-hydrogen) atoms. The summed E-state index contributed by atoms with van der Waals surface area (Å²) in [6, 6.07) is 3.66. The third-order valence-electron chi connectivity index (χ3n) is 9.35. The van der Waals surface area contributed by atoms with Gasteiger partial charge < -0.3 is 25.0 Å². The lowest BCUT2D eigenvalue weighted by atomic mass is 10.1. The lowest BCUT2D eigenvalue weighted by molar-refractivity contribution is -0.141. The Balaban J connectivity index is 0.00000372. The van der Waals surface area contributed by atoms with E-state index in [9.17, 15) is 27.6 Å². The van der Waals surface area contributed by atoms with E-state index in [1.807, 2.05) is 0 Å². The van der Waals surface area contributed by atoms with Crippen molar-refractivity contribution < 1.29 is 31.9 Å². The van der Waals surface area contributed by atoms with E-state index in [0.29, 0.717) is 50.5 Å². The summed E-state index contributed by atoms with van der Waals surface area (Å²) in [4.78, 5) is 46.3. The van der Waals surface area contributed by atoms with Crippen LogP contribution in [0, 0.1) is 29.5 Å². The van der Waals surface area contributed by atoms with Gasteiger partial charge in [-0.25, -0.2) is 9.37 Å². The standard InChI is InChI=1S/C30H32F4N8O3.ClH/c1-39-23(21-15-42(14-16-2-3-16)38-25(21)30(32,33)34)13-36-26(39)27(43)37-17-4-5-18(22(31)10-17)28(44)40-6-8-41(9-7-40)29(45)24-19-11-35-12-20(19)24;/h4-5,10,13,15-16,19-20,24,35H,2-3,6-9,11-12,14H2,1H3,(H,37,43);1H/t19-,20+,24+;. The Morgan fingerprint density at radius 1 is 1.04 bits per heavy atom. The summed E-state index contributed by atoms with van der Waals surface area (Å²) < 4.78 is 59.0. The van der Waals surface area contributed by atoms with Crippen molar-refractivity contribution in [3.63, 3.8) is 0 Å². The van der Waals surface area contributed by atoms with Crippen LogP contribution in [0.1, 0.15) is 39.5 Å². The molecule has 2 aliphatic carbocycles. The number of rotatable bonds is 7. The highest BCUT2D eigenvalue weighted by Gasteiger charge is 2.58. The van der Waals surface area contributed by atoms with Gasteiger partial charge in [0, 0.05) is 57.6 Å². The summed E-state index contributed by atoms with van der Waals surface area (Å²) in [7, 11) is 1.42. The van der Waals surface area contributed by atoms with Gasteiger partial charge in [-0.2, -0.15) is 18.3 Å². The predicted molar refractivity (Wildman–Crippen MR) is 160 cm³/mol. The Morgan fingerprint density at radius 2 is 1.72 bits per heavy atom. The first-order valence-corrected chi connectivity index (χ1v) is 15.1. The number of carbonyl (C=O) groups is 3. The summed E-state index contributed by atoms with van der Waals surface area (Å²) in [6.07, 6.45) is -0.322. The molecule has 0 radical (unpaired) electrons. The maximum absolute atomic E-state index is 15.1. The van der Waals surface area contributed by atoms with E-state index in [2.05, 4.69) is 20.7 Å². The highest BCUT2D eigenvalue weighted by Crippen LogP contribution is 2.49. The van der Waals surface area contributed by atoms with Crippen molar-refractivity contribution in [2.45, 2.75) is 25.6 Å². The second-order valence-corrected chi connectivity index (χ2v) is 12.4. The van der Waals surface area contributed by atoms with Crippen LogP contribution in [0.25, 0.3) is 11.3 Å². The minimum absolute atomic E-state index is 0. The van der Waals surface area contributed by atoms with Gasteiger partial charge in [-0.05, 0) is 61.9 Å².